The van der Waals surface area contributed by atoms with Crippen LogP contribution in [0.4, 0.5) is 5.69 Å². The van der Waals surface area contributed by atoms with Crippen LogP contribution in [0.1, 0.15) is 24.0 Å². The number of hydrogen-bond acceptors (Lipinski definition) is 2. The molecule has 3 nitrogen and oxygen atoms in total. The summed E-state index contributed by atoms with van der Waals surface area (Å²) in [6.07, 6.45) is 1.71. The van der Waals surface area contributed by atoms with Crippen molar-refractivity contribution in [1.29, 1.82) is 0 Å². The Kier molecular flexibility index (Phi) is 3.83. The van der Waals surface area contributed by atoms with E-state index in [2.05, 4.69) is 5.32 Å². The SMILES string of the molecule is COc1ccc(C)cc1NC(=O)C1(c2ccc(Cl)cc2)CC1. The molecule has 22 heavy (non-hydrogen) atoms. The van der Waals surface area contributed by atoms with Crippen molar-refractivity contribution in [3.8, 4) is 5.75 Å². The van der Waals surface area contributed by atoms with Crippen molar-refractivity contribution >= 4 is 23.2 Å². The lowest BCUT2D eigenvalue weighted by Crippen LogP contribution is -2.28. The lowest BCUT2D eigenvalue weighted by molar-refractivity contribution is -0.118. The van der Waals surface area contributed by atoms with E-state index >= 15 is 0 Å². The maximum atomic E-state index is 12.8. The summed E-state index contributed by atoms with van der Waals surface area (Å²) in [7, 11) is 1.60. The van der Waals surface area contributed by atoms with E-state index in [1.54, 1.807) is 7.11 Å². The van der Waals surface area contributed by atoms with E-state index in [1.807, 2.05) is 49.4 Å². The van der Waals surface area contributed by atoms with Crippen molar-refractivity contribution in [3.63, 3.8) is 0 Å². The van der Waals surface area contributed by atoms with Crippen LogP contribution < -0.4 is 10.1 Å². The third-order valence-electron chi connectivity index (χ3n) is 4.18. The molecule has 0 radical (unpaired) electrons. The van der Waals surface area contributed by atoms with Crippen LogP contribution in [0.25, 0.3) is 0 Å². The van der Waals surface area contributed by atoms with E-state index in [0.29, 0.717) is 16.5 Å². The van der Waals surface area contributed by atoms with Crippen LogP contribution in [0.15, 0.2) is 42.5 Å². The van der Waals surface area contributed by atoms with Gasteiger partial charge in [0.05, 0.1) is 18.2 Å². The number of rotatable bonds is 4. The molecule has 1 N–H and O–H groups in total. The fourth-order valence-corrected chi connectivity index (χ4v) is 2.83. The van der Waals surface area contributed by atoms with Crippen LogP contribution in [0.2, 0.25) is 5.02 Å². The summed E-state index contributed by atoms with van der Waals surface area (Å²) >= 11 is 5.93. The van der Waals surface area contributed by atoms with E-state index in [0.717, 1.165) is 24.0 Å². The first-order valence-corrected chi connectivity index (χ1v) is 7.65. The van der Waals surface area contributed by atoms with Crippen molar-refractivity contribution in [2.24, 2.45) is 0 Å². The molecule has 1 aliphatic carbocycles. The van der Waals surface area contributed by atoms with Gasteiger partial charge in [-0.15, -0.1) is 0 Å². The number of nitrogens with one attached hydrogen (secondary N) is 1. The van der Waals surface area contributed by atoms with Crippen LogP contribution in [-0.4, -0.2) is 13.0 Å². The average Bonchev–Trinajstić information content (AvgIpc) is 3.30. The number of carbonyl (C=O) groups excluding carboxylic acids is 1. The topological polar surface area (TPSA) is 38.3 Å². The highest BCUT2D eigenvalue weighted by Gasteiger charge is 2.51. The monoisotopic (exact) mass is 315 g/mol. The Hall–Kier alpha value is -2.00. The maximum Gasteiger partial charge on any atom is 0.235 e. The van der Waals surface area contributed by atoms with Crippen LogP contribution in [0.5, 0.6) is 5.75 Å². The minimum Gasteiger partial charge on any atom is -0.495 e. The number of aryl methyl sites for hydroxylation is 1. The smallest absolute Gasteiger partial charge is 0.235 e. The number of methoxy groups -OCH3 is 1. The maximum absolute atomic E-state index is 12.8. The Balaban J connectivity index is 1.86. The highest BCUT2D eigenvalue weighted by molar-refractivity contribution is 6.30. The highest BCUT2D eigenvalue weighted by atomic mass is 35.5. The first kappa shape index (κ1) is 14.9. The molecule has 0 aromatic heterocycles. The van der Waals surface area contributed by atoms with E-state index in [1.165, 1.54) is 0 Å². The molecule has 1 saturated carbocycles. The molecule has 1 fully saturated rings. The van der Waals surface area contributed by atoms with Gasteiger partial charge in [0.15, 0.2) is 0 Å². The molecule has 2 aromatic carbocycles. The van der Waals surface area contributed by atoms with Gasteiger partial charge in [-0.25, -0.2) is 0 Å². The first-order chi connectivity index (χ1) is 10.5. The zero-order chi connectivity index (χ0) is 15.7. The van der Waals surface area contributed by atoms with E-state index < -0.39 is 5.41 Å². The normalized spacial score (nSPS) is 15.2. The molecule has 2 aromatic rings. The van der Waals surface area contributed by atoms with E-state index in [4.69, 9.17) is 16.3 Å². The molecule has 114 valence electrons. The van der Waals surface area contributed by atoms with E-state index in [-0.39, 0.29) is 5.91 Å². The van der Waals surface area contributed by atoms with Crippen LogP contribution in [-0.2, 0) is 10.2 Å². The van der Waals surface area contributed by atoms with Gasteiger partial charge in [-0.05, 0) is 55.2 Å². The average molecular weight is 316 g/mol. The number of benzene rings is 2. The third kappa shape index (κ3) is 2.69. The minimum absolute atomic E-state index is 0.0127. The summed E-state index contributed by atoms with van der Waals surface area (Å²) in [5, 5.41) is 3.70. The van der Waals surface area contributed by atoms with Crippen LogP contribution in [0.3, 0.4) is 0 Å². The summed E-state index contributed by atoms with van der Waals surface area (Å²) in [6.45, 7) is 1.99. The molecule has 0 saturated heterocycles. The van der Waals surface area contributed by atoms with Gasteiger partial charge in [-0.2, -0.15) is 0 Å². The van der Waals surface area contributed by atoms with E-state index in [9.17, 15) is 4.79 Å². The molecular weight excluding hydrogens is 298 g/mol. The zero-order valence-electron chi connectivity index (χ0n) is 12.7. The van der Waals surface area contributed by atoms with Crippen molar-refractivity contribution in [2.45, 2.75) is 25.2 Å². The number of hydrogen-bond donors (Lipinski definition) is 1. The number of amides is 1. The molecule has 0 spiro atoms. The molecule has 0 heterocycles. The minimum atomic E-state index is -0.431. The number of anilines is 1. The molecule has 3 rings (SSSR count). The lowest BCUT2D eigenvalue weighted by Gasteiger charge is -2.17. The summed E-state index contributed by atoms with van der Waals surface area (Å²) in [4.78, 5) is 12.8. The third-order valence-corrected chi connectivity index (χ3v) is 4.44. The second kappa shape index (κ2) is 5.65. The summed E-state index contributed by atoms with van der Waals surface area (Å²) in [6, 6.07) is 13.3. The largest absolute Gasteiger partial charge is 0.495 e. The van der Waals surface area contributed by atoms with Gasteiger partial charge >= 0.3 is 0 Å². The zero-order valence-corrected chi connectivity index (χ0v) is 13.4. The molecule has 1 aliphatic rings. The van der Waals surface area contributed by atoms with Crippen LogP contribution >= 0.6 is 11.6 Å². The van der Waals surface area contributed by atoms with Crippen molar-refractivity contribution in [3.05, 3.63) is 58.6 Å². The van der Waals surface area contributed by atoms with Gasteiger partial charge in [0.1, 0.15) is 5.75 Å². The van der Waals surface area contributed by atoms with Gasteiger partial charge < -0.3 is 10.1 Å². The van der Waals surface area contributed by atoms with Gasteiger partial charge in [0.25, 0.3) is 0 Å². The fourth-order valence-electron chi connectivity index (χ4n) is 2.70. The summed E-state index contributed by atoms with van der Waals surface area (Å²) < 4.78 is 5.32. The van der Waals surface area contributed by atoms with Crippen molar-refractivity contribution in [2.75, 3.05) is 12.4 Å². The van der Waals surface area contributed by atoms with Crippen molar-refractivity contribution < 1.29 is 9.53 Å². The first-order valence-electron chi connectivity index (χ1n) is 7.27. The molecule has 0 atom stereocenters. The number of halogens is 1. The van der Waals surface area contributed by atoms with Gasteiger partial charge in [-0.3, -0.25) is 4.79 Å². The molecule has 1 amide bonds. The molecular formula is C18H18ClNO2. The Morgan fingerprint density at radius 1 is 1.18 bits per heavy atom. The molecule has 0 aliphatic heterocycles. The van der Waals surface area contributed by atoms with Crippen molar-refractivity contribution in [1.82, 2.24) is 0 Å². The predicted molar refractivity (Wildman–Crippen MR) is 88.7 cm³/mol. The standard InChI is InChI=1S/C18H18ClNO2/c1-12-3-8-16(22-2)15(11-12)20-17(21)18(9-10-18)13-4-6-14(19)7-5-13/h3-8,11H,9-10H2,1-2H3,(H,20,21). The van der Waals surface area contributed by atoms with Gasteiger partial charge in [0.2, 0.25) is 5.91 Å². The summed E-state index contributed by atoms with van der Waals surface area (Å²) in [5.74, 6) is 0.685. The van der Waals surface area contributed by atoms with Crippen LogP contribution in [0, 0.1) is 6.92 Å². The number of ether oxygens (including phenoxy) is 1. The Morgan fingerprint density at radius 2 is 1.86 bits per heavy atom. The predicted octanol–water partition coefficient (Wildman–Crippen LogP) is 4.33. The molecule has 0 unspecified atom stereocenters. The second-order valence-corrected chi connectivity index (χ2v) is 6.18. The fraction of sp³-hybridized carbons (Fsp3) is 0.278. The second-order valence-electron chi connectivity index (χ2n) is 5.75. The van der Waals surface area contributed by atoms with Gasteiger partial charge in [-0.1, -0.05) is 29.8 Å². The summed E-state index contributed by atoms with van der Waals surface area (Å²) in [5.41, 5.74) is 2.38. The lowest BCUT2D eigenvalue weighted by atomic mass is 9.95. The number of carbonyl (C=O) groups is 1. The Morgan fingerprint density at radius 3 is 2.45 bits per heavy atom. The quantitative estimate of drug-likeness (QED) is 0.912. The molecule has 0 bridgehead atoms. The molecule has 4 heteroatoms. The van der Waals surface area contributed by atoms with Gasteiger partial charge in [0, 0.05) is 5.02 Å². The Labute approximate surface area is 135 Å². The highest BCUT2D eigenvalue weighted by Crippen LogP contribution is 2.49. The Bertz CT molecular complexity index is 706.